The minimum Gasteiger partial charge on any atom is -0.475 e. The number of alkyl halides is 3. The molecule has 0 radical (unpaired) electrons. The maximum absolute atomic E-state index is 13.0. The summed E-state index contributed by atoms with van der Waals surface area (Å²) in [7, 11) is 0. The number of amides is 1. The van der Waals surface area contributed by atoms with Crippen molar-refractivity contribution in [2.45, 2.75) is 32.5 Å². The van der Waals surface area contributed by atoms with Crippen molar-refractivity contribution in [1.82, 2.24) is 14.9 Å². The molecule has 4 heterocycles. The number of carboxylic acids is 1. The van der Waals surface area contributed by atoms with Crippen LogP contribution in [0.25, 0.3) is 0 Å². The van der Waals surface area contributed by atoms with Crippen molar-refractivity contribution >= 4 is 17.6 Å². The second-order valence-corrected chi connectivity index (χ2v) is 7.54. The summed E-state index contributed by atoms with van der Waals surface area (Å²) in [6, 6.07) is 6.13. The molecule has 0 bridgehead atoms. The lowest BCUT2D eigenvalue weighted by atomic mass is 10.1. The molecule has 2 aliphatic rings. The molecule has 0 aliphatic carbocycles. The molecular formula is C22H25F3N4O4. The van der Waals surface area contributed by atoms with Crippen LogP contribution < -0.4 is 4.90 Å². The van der Waals surface area contributed by atoms with Gasteiger partial charge in [0.15, 0.2) is 0 Å². The number of hydrogen-bond donors (Lipinski definition) is 1. The smallest absolute Gasteiger partial charge is 0.475 e. The number of pyridine rings is 2. The minimum absolute atomic E-state index is 0.0831. The fourth-order valence-electron chi connectivity index (χ4n) is 3.57. The van der Waals surface area contributed by atoms with Gasteiger partial charge in [0.25, 0.3) is 5.91 Å². The molecule has 1 fully saturated rings. The van der Waals surface area contributed by atoms with Crippen LogP contribution in [-0.4, -0.2) is 70.9 Å². The molecule has 0 saturated carbocycles. The van der Waals surface area contributed by atoms with E-state index in [2.05, 4.69) is 33.9 Å². The number of carbonyl (C=O) groups excluding carboxylic acids is 1. The molecule has 33 heavy (non-hydrogen) atoms. The molecular weight excluding hydrogens is 441 g/mol. The van der Waals surface area contributed by atoms with E-state index in [0.29, 0.717) is 26.3 Å². The average molecular weight is 466 g/mol. The van der Waals surface area contributed by atoms with Crippen molar-refractivity contribution in [2.24, 2.45) is 0 Å². The van der Waals surface area contributed by atoms with Crippen LogP contribution in [0, 0.1) is 0 Å². The van der Waals surface area contributed by atoms with E-state index in [0.717, 1.165) is 48.6 Å². The van der Waals surface area contributed by atoms with Crippen LogP contribution >= 0.6 is 0 Å². The summed E-state index contributed by atoms with van der Waals surface area (Å²) in [5.41, 5.74) is 4.90. The summed E-state index contributed by atoms with van der Waals surface area (Å²) in [5, 5.41) is 7.12. The van der Waals surface area contributed by atoms with Crippen molar-refractivity contribution in [1.29, 1.82) is 0 Å². The third-order valence-corrected chi connectivity index (χ3v) is 5.38. The zero-order valence-corrected chi connectivity index (χ0v) is 18.1. The summed E-state index contributed by atoms with van der Waals surface area (Å²) in [6.45, 7) is 6.41. The summed E-state index contributed by atoms with van der Waals surface area (Å²) in [5.74, 6) is -2.67. The maximum Gasteiger partial charge on any atom is 0.490 e. The highest BCUT2D eigenvalue weighted by molar-refractivity contribution is 6.03. The van der Waals surface area contributed by atoms with E-state index < -0.39 is 12.1 Å². The van der Waals surface area contributed by atoms with Crippen LogP contribution in [0.4, 0.5) is 18.9 Å². The standard InChI is InChI=1S/C20H24N4O2.C2HF3O2/c1-2-15-3-4-16(22-13-15)6-8-24-14-17-19(20(24)25)18(5-7-21-17)23-9-11-26-12-10-23;3-2(4,5)1(6)7/h3-5,7,13H,2,6,8-12,14H2,1H3;(H,6,7). The first-order chi connectivity index (χ1) is 15.7. The van der Waals surface area contributed by atoms with Crippen molar-refractivity contribution in [3.63, 3.8) is 0 Å². The molecule has 1 amide bonds. The lowest BCUT2D eigenvalue weighted by Gasteiger charge is -2.30. The Labute approximate surface area is 189 Å². The zero-order valence-electron chi connectivity index (χ0n) is 18.1. The van der Waals surface area contributed by atoms with Gasteiger partial charge < -0.3 is 19.6 Å². The Morgan fingerprint density at radius 2 is 1.88 bits per heavy atom. The van der Waals surface area contributed by atoms with Gasteiger partial charge in [0.2, 0.25) is 0 Å². The second-order valence-electron chi connectivity index (χ2n) is 7.54. The van der Waals surface area contributed by atoms with Gasteiger partial charge in [-0.2, -0.15) is 13.2 Å². The van der Waals surface area contributed by atoms with Gasteiger partial charge in [-0.1, -0.05) is 13.0 Å². The maximum atomic E-state index is 13.0. The number of ether oxygens (including phenoxy) is 1. The highest BCUT2D eigenvalue weighted by Gasteiger charge is 2.38. The molecule has 1 N–H and O–H groups in total. The van der Waals surface area contributed by atoms with Crippen molar-refractivity contribution in [2.75, 3.05) is 37.7 Å². The molecule has 178 valence electrons. The molecule has 2 aliphatic heterocycles. The number of aryl methyl sites for hydroxylation is 1. The molecule has 8 nitrogen and oxygen atoms in total. The normalized spacial score (nSPS) is 15.7. The lowest BCUT2D eigenvalue weighted by Crippen LogP contribution is -2.37. The van der Waals surface area contributed by atoms with E-state index in [1.165, 1.54) is 5.56 Å². The number of anilines is 1. The Morgan fingerprint density at radius 3 is 2.45 bits per heavy atom. The number of fused-ring (bicyclic) bond motifs is 1. The SMILES string of the molecule is CCc1ccc(CCN2Cc3nccc(N4CCOCC4)c3C2=O)nc1.O=C(O)C(F)(F)F. The number of aliphatic carboxylic acids is 1. The number of aromatic nitrogens is 2. The Balaban J connectivity index is 0.000000383. The van der Waals surface area contributed by atoms with Gasteiger partial charge in [0, 0.05) is 44.1 Å². The summed E-state index contributed by atoms with van der Waals surface area (Å²) >= 11 is 0. The molecule has 0 atom stereocenters. The Hall–Kier alpha value is -3.21. The molecule has 2 aromatic rings. The number of halogens is 3. The number of hydrogen-bond acceptors (Lipinski definition) is 6. The van der Waals surface area contributed by atoms with E-state index in [-0.39, 0.29) is 5.91 Å². The summed E-state index contributed by atoms with van der Waals surface area (Å²) < 4.78 is 37.2. The van der Waals surface area contributed by atoms with Crippen LogP contribution in [-0.2, 0) is 28.9 Å². The average Bonchev–Trinajstić information content (AvgIpc) is 3.14. The monoisotopic (exact) mass is 466 g/mol. The third-order valence-electron chi connectivity index (χ3n) is 5.38. The van der Waals surface area contributed by atoms with Crippen molar-refractivity contribution in [3.05, 3.63) is 53.1 Å². The minimum atomic E-state index is -5.08. The molecule has 0 unspecified atom stereocenters. The number of carboxylic acid groups (broad SMARTS) is 1. The van der Waals surface area contributed by atoms with Crippen LogP contribution in [0.3, 0.4) is 0 Å². The van der Waals surface area contributed by atoms with Crippen LogP contribution in [0.1, 0.15) is 34.2 Å². The van der Waals surface area contributed by atoms with Gasteiger partial charge in [-0.3, -0.25) is 14.8 Å². The highest BCUT2D eigenvalue weighted by Crippen LogP contribution is 2.30. The van der Waals surface area contributed by atoms with Crippen LogP contribution in [0.15, 0.2) is 30.6 Å². The Kier molecular flexibility index (Phi) is 7.85. The lowest BCUT2D eigenvalue weighted by molar-refractivity contribution is -0.192. The zero-order chi connectivity index (χ0) is 24.0. The van der Waals surface area contributed by atoms with E-state index in [4.69, 9.17) is 14.6 Å². The van der Waals surface area contributed by atoms with Gasteiger partial charge in [0.05, 0.1) is 36.7 Å². The first-order valence-electron chi connectivity index (χ1n) is 10.5. The molecule has 0 aromatic carbocycles. The van der Waals surface area contributed by atoms with Crippen molar-refractivity contribution < 1.29 is 32.6 Å². The summed E-state index contributed by atoms with van der Waals surface area (Å²) in [4.78, 5) is 35.0. The number of rotatable bonds is 5. The number of nitrogens with zero attached hydrogens (tertiary/aromatic N) is 4. The quantitative estimate of drug-likeness (QED) is 0.724. The van der Waals surface area contributed by atoms with Crippen LogP contribution in [0.2, 0.25) is 0 Å². The van der Waals surface area contributed by atoms with E-state index in [9.17, 15) is 18.0 Å². The topological polar surface area (TPSA) is 95.9 Å². The van der Waals surface area contributed by atoms with Gasteiger partial charge in [0.1, 0.15) is 0 Å². The number of morpholine rings is 1. The molecule has 11 heteroatoms. The predicted octanol–water partition coefficient (Wildman–Crippen LogP) is 2.71. The first-order valence-corrected chi connectivity index (χ1v) is 10.5. The fourth-order valence-corrected chi connectivity index (χ4v) is 3.57. The van der Waals surface area contributed by atoms with E-state index >= 15 is 0 Å². The van der Waals surface area contributed by atoms with Gasteiger partial charge in [-0.15, -0.1) is 0 Å². The van der Waals surface area contributed by atoms with Gasteiger partial charge in [-0.25, -0.2) is 4.79 Å². The summed E-state index contributed by atoms with van der Waals surface area (Å²) in [6.07, 6.45) is 0.402. The highest BCUT2D eigenvalue weighted by atomic mass is 19.4. The van der Waals surface area contributed by atoms with Crippen molar-refractivity contribution in [3.8, 4) is 0 Å². The third kappa shape index (κ3) is 6.19. The van der Waals surface area contributed by atoms with E-state index in [1.807, 2.05) is 23.4 Å². The van der Waals surface area contributed by atoms with Gasteiger partial charge >= 0.3 is 12.1 Å². The van der Waals surface area contributed by atoms with Crippen LogP contribution in [0.5, 0.6) is 0 Å². The molecule has 2 aromatic heterocycles. The molecule has 4 rings (SSSR count). The largest absolute Gasteiger partial charge is 0.490 e. The molecule has 1 saturated heterocycles. The fraction of sp³-hybridized carbons (Fsp3) is 0.455. The second kappa shape index (κ2) is 10.6. The van der Waals surface area contributed by atoms with E-state index in [1.54, 1.807) is 0 Å². The number of carbonyl (C=O) groups is 2. The first kappa shape index (κ1) is 24.4. The Morgan fingerprint density at radius 1 is 1.18 bits per heavy atom. The van der Waals surface area contributed by atoms with Gasteiger partial charge in [-0.05, 0) is 24.1 Å². The molecule has 0 spiro atoms. The Bertz CT molecular complexity index is 977. The predicted molar refractivity (Wildman–Crippen MR) is 113 cm³/mol.